The molecule has 0 saturated heterocycles. The molecule has 0 aromatic carbocycles. The Morgan fingerprint density at radius 2 is 2.23 bits per heavy atom. The van der Waals surface area contributed by atoms with Crippen LogP contribution in [0.4, 0.5) is 8.78 Å². The number of hydrogen-bond acceptors (Lipinski definition) is 2. The molecule has 0 bridgehead atoms. The Morgan fingerprint density at radius 1 is 1.54 bits per heavy atom. The van der Waals surface area contributed by atoms with E-state index in [9.17, 15) is 8.78 Å². The Labute approximate surface area is 75.3 Å². The standard InChI is InChI=1S/C8H12F2N2O/c1-8(2,13-7(9)10)6-12-5-3-4-11-12/h3-5,7H,6H2,1-2H3. The molecule has 0 spiro atoms. The normalized spacial score (nSPS) is 12.4. The smallest absolute Gasteiger partial charge is 0.315 e. The van der Waals surface area contributed by atoms with E-state index in [2.05, 4.69) is 9.84 Å². The van der Waals surface area contributed by atoms with Gasteiger partial charge in [-0.05, 0) is 19.9 Å². The van der Waals surface area contributed by atoms with Crippen molar-refractivity contribution in [3.63, 3.8) is 0 Å². The van der Waals surface area contributed by atoms with Gasteiger partial charge in [0, 0.05) is 12.4 Å². The van der Waals surface area contributed by atoms with Crippen molar-refractivity contribution >= 4 is 0 Å². The first-order valence-corrected chi connectivity index (χ1v) is 3.93. The van der Waals surface area contributed by atoms with Crippen molar-refractivity contribution in [3.8, 4) is 0 Å². The van der Waals surface area contributed by atoms with Gasteiger partial charge in [-0.15, -0.1) is 0 Å². The van der Waals surface area contributed by atoms with Crippen molar-refractivity contribution in [3.05, 3.63) is 18.5 Å². The maximum absolute atomic E-state index is 11.9. The molecule has 0 radical (unpaired) electrons. The predicted octanol–water partition coefficient (Wildman–Crippen LogP) is 1.90. The molecule has 0 amide bonds. The van der Waals surface area contributed by atoms with Crippen LogP contribution in [0.2, 0.25) is 0 Å². The Kier molecular flexibility index (Phi) is 2.98. The van der Waals surface area contributed by atoms with Crippen LogP contribution >= 0.6 is 0 Å². The van der Waals surface area contributed by atoms with Crippen molar-refractivity contribution in [1.82, 2.24) is 9.78 Å². The van der Waals surface area contributed by atoms with Crippen LogP contribution in [-0.2, 0) is 11.3 Å². The summed E-state index contributed by atoms with van der Waals surface area (Å²) in [6.07, 6.45) is 3.30. The molecule has 0 N–H and O–H groups in total. The van der Waals surface area contributed by atoms with E-state index in [1.54, 1.807) is 37.0 Å². The summed E-state index contributed by atoms with van der Waals surface area (Å²) >= 11 is 0. The van der Waals surface area contributed by atoms with Gasteiger partial charge in [-0.2, -0.15) is 13.9 Å². The van der Waals surface area contributed by atoms with E-state index in [0.29, 0.717) is 6.54 Å². The van der Waals surface area contributed by atoms with Gasteiger partial charge in [-0.1, -0.05) is 0 Å². The van der Waals surface area contributed by atoms with Gasteiger partial charge in [0.2, 0.25) is 0 Å². The molecule has 0 aliphatic carbocycles. The summed E-state index contributed by atoms with van der Waals surface area (Å²) < 4.78 is 29.8. The maximum Gasteiger partial charge on any atom is 0.345 e. The Balaban J connectivity index is 2.51. The lowest BCUT2D eigenvalue weighted by Crippen LogP contribution is -2.32. The van der Waals surface area contributed by atoms with Crippen LogP contribution in [0.3, 0.4) is 0 Å². The first kappa shape index (κ1) is 10.1. The topological polar surface area (TPSA) is 27.1 Å². The zero-order chi connectivity index (χ0) is 9.90. The highest BCUT2D eigenvalue weighted by molar-refractivity contribution is 4.80. The van der Waals surface area contributed by atoms with Crippen molar-refractivity contribution in [2.45, 2.75) is 32.6 Å². The lowest BCUT2D eigenvalue weighted by atomic mass is 10.1. The van der Waals surface area contributed by atoms with Crippen LogP contribution in [0.15, 0.2) is 18.5 Å². The van der Waals surface area contributed by atoms with Crippen LogP contribution in [-0.4, -0.2) is 22.0 Å². The molecule has 5 heteroatoms. The third-order valence-electron chi connectivity index (χ3n) is 1.51. The Morgan fingerprint density at radius 3 is 2.69 bits per heavy atom. The fraction of sp³-hybridized carbons (Fsp3) is 0.625. The Hall–Kier alpha value is -0.970. The summed E-state index contributed by atoms with van der Waals surface area (Å²) in [5.41, 5.74) is -0.903. The second-order valence-electron chi connectivity index (χ2n) is 3.34. The number of aromatic nitrogens is 2. The molecule has 0 fully saturated rings. The minimum absolute atomic E-state index is 0.310. The van der Waals surface area contributed by atoms with E-state index < -0.39 is 12.2 Å². The average Bonchev–Trinajstić information content (AvgIpc) is 2.34. The molecular formula is C8H12F2N2O. The van der Waals surface area contributed by atoms with Crippen molar-refractivity contribution < 1.29 is 13.5 Å². The quantitative estimate of drug-likeness (QED) is 0.725. The highest BCUT2D eigenvalue weighted by Gasteiger charge is 2.23. The largest absolute Gasteiger partial charge is 0.345 e. The fourth-order valence-corrected chi connectivity index (χ4v) is 1.06. The summed E-state index contributed by atoms with van der Waals surface area (Å²) in [6, 6.07) is 1.73. The first-order valence-electron chi connectivity index (χ1n) is 3.93. The molecule has 1 rings (SSSR count). The molecule has 0 aliphatic heterocycles. The second kappa shape index (κ2) is 3.83. The van der Waals surface area contributed by atoms with Crippen LogP contribution < -0.4 is 0 Å². The Bertz CT molecular complexity index is 247. The van der Waals surface area contributed by atoms with Crippen molar-refractivity contribution in [2.75, 3.05) is 0 Å². The van der Waals surface area contributed by atoms with E-state index in [0.717, 1.165) is 0 Å². The second-order valence-corrected chi connectivity index (χ2v) is 3.34. The van der Waals surface area contributed by atoms with Gasteiger partial charge in [0.1, 0.15) is 0 Å². The number of ether oxygens (including phenoxy) is 1. The highest BCUT2D eigenvalue weighted by atomic mass is 19.3. The molecule has 1 aromatic rings. The highest BCUT2D eigenvalue weighted by Crippen LogP contribution is 2.15. The van der Waals surface area contributed by atoms with Gasteiger partial charge < -0.3 is 4.74 Å². The molecule has 74 valence electrons. The van der Waals surface area contributed by atoms with E-state index >= 15 is 0 Å². The summed E-state index contributed by atoms with van der Waals surface area (Å²) in [7, 11) is 0. The van der Waals surface area contributed by atoms with Crippen molar-refractivity contribution in [1.29, 1.82) is 0 Å². The number of hydrogen-bond donors (Lipinski definition) is 0. The van der Waals surface area contributed by atoms with Crippen LogP contribution in [0.1, 0.15) is 13.8 Å². The minimum Gasteiger partial charge on any atom is -0.315 e. The molecule has 3 nitrogen and oxygen atoms in total. The first-order chi connectivity index (χ1) is 5.99. The van der Waals surface area contributed by atoms with Crippen LogP contribution in [0, 0.1) is 0 Å². The zero-order valence-corrected chi connectivity index (χ0v) is 7.58. The molecule has 0 aliphatic rings. The lowest BCUT2D eigenvalue weighted by Gasteiger charge is -2.24. The van der Waals surface area contributed by atoms with E-state index in [1.807, 2.05) is 0 Å². The molecule has 1 aromatic heterocycles. The van der Waals surface area contributed by atoms with Gasteiger partial charge in [0.15, 0.2) is 0 Å². The number of nitrogens with zero attached hydrogens (tertiary/aromatic N) is 2. The molecular weight excluding hydrogens is 178 g/mol. The minimum atomic E-state index is -2.74. The molecule has 13 heavy (non-hydrogen) atoms. The van der Waals surface area contributed by atoms with Gasteiger partial charge in [-0.3, -0.25) is 4.68 Å². The molecule has 0 atom stereocenters. The zero-order valence-electron chi connectivity index (χ0n) is 7.58. The van der Waals surface area contributed by atoms with Gasteiger partial charge in [0.05, 0.1) is 12.1 Å². The van der Waals surface area contributed by atoms with E-state index in [4.69, 9.17) is 0 Å². The molecule has 1 heterocycles. The third-order valence-corrected chi connectivity index (χ3v) is 1.51. The maximum atomic E-state index is 11.9. The lowest BCUT2D eigenvalue weighted by molar-refractivity contribution is -0.201. The summed E-state index contributed by atoms with van der Waals surface area (Å²) in [6.45, 7) is 0.761. The predicted molar refractivity (Wildman–Crippen MR) is 43.4 cm³/mol. The average molecular weight is 190 g/mol. The van der Waals surface area contributed by atoms with Crippen molar-refractivity contribution in [2.24, 2.45) is 0 Å². The number of alkyl halides is 2. The number of rotatable bonds is 4. The van der Waals surface area contributed by atoms with E-state index in [1.165, 1.54) is 0 Å². The fourth-order valence-electron chi connectivity index (χ4n) is 1.06. The SMILES string of the molecule is CC(C)(Cn1cccn1)OC(F)F. The van der Waals surface area contributed by atoms with Gasteiger partial charge in [0.25, 0.3) is 0 Å². The van der Waals surface area contributed by atoms with Gasteiger partial charge in [-0.25, -0.2) is 0 Å². The summed E-state index contributed by atoms with van der Waals surface area (Å²) in [5, 5.41) is 3.90. The monoisotopic (exact) mass is 190 g/mol. The van der Waals surface area contributed by atoms with Crippen LogP contribution in [0.25, 0.3) is 0 Å². The van der Waals surface area contributed by atoms with Gasteiger partial charge >= 0.3 is 6.61 Å². The summed E-state index contributed by atoms with van der Waals surface area (Å²) in [5.74, 6) is 0. The molecule has 0 unspecified atom stereocenters. The number of halogens is 2. The third kappa shape index (κ3) is 3.50. The van der Waals surface area contributed by atoms with E-state index in [-0.39, 0.29) is 0 Å². The summed E-state index contributed by atoms with van der Waals surface area (Å²) in [4.78, 5) is 0. The van der Waals surface area contributed by atoms with Crippen LogP contribution in [0.5, 0.6) is 0 Å². The molecule has 0 saturated carbocycles.